The van der Waals surface area contributed by atoms with E-state index in [0.717, 1.165) is 15.7 Å². The molecule has 0 aliphatic rings. The van der Waals surface area contributed by atoms with Gasteiger partial charge in [-0.2, -0.15) is 10.2 Å². The van der Waals surface area contributed by atoms with E-state index in [1.54, 1.807) is 12.3 Å². The highest BCUT2D eigenvalue weighted by Gasteiger charge is 2.09. The summed E-state index contributed by atoms with van der Waals surface area (Å²) in [4.78, 5) is 12.0. The maximum atomic E-state index is 12.0. The summed E-state index contributed by atoms with van der Waals surface area (Å²) in [5, 5.41) is 10.5. The van der Waals surface area contributed by atoms with Crippen molar-refractivity contribution in [2.75, 3.05) is 0 Å². The Morgan fingerprint density at radius 1 is 1.39 bits per heavy atom. The summed E-state index contributed by atoms with van der Waals surface area (Å²) in [6, 6.07) is 9.27. The van der Waals surface area contributed by atoms with Gasteiger partial charge in [0, 0.05) is 10.7 Å². The Morgan fingerprint density at radius 2 is 2.22 bits per heavy atom. The van der Waals surface area contributed by atoms with E-state index in [1.165, 1.54) is 0 Å². The zero-order chi connectivity index (χ0) is 13.0. The molecule has 0 saturated carbocycles. The quantitative estimate of drug-likeness (QED) is 0.948. The lowest BCUT2D eigenvalue weighted by Gasteiger charge is -2.07. The molecule has 2 rings (SSSR count). The van der Waals surface area contributed by atoms with Crippen LogP contribution in [0, 0.1) is 6.92 Å². The molecule has 0 radical (unpaired) electrons. The summed E-state index contributed by atoms with van der Waals surface area (Å²) in [5.41, 5.74) is 2.40. The number of amides is 1. The van der Waals surface area contributed by atoms with Crippen LogP contribution in [-0.4, -0.2) is 16.1 Å². The summed E-state index contributed by atoms with van der Waals surface area (Å²) < 4.78 is 0.782. The third kappa shape index (κ3) is 3.13. The second-order valence-electron chi connectivity index (χ2n) is 3.88. The molecule has 1 heterocycles. The van der Waals surface area contributed by atoms with Gasteiger partial charge in [-0.05, 0) is 47.1 Å². The van der Waals surface area contributed by atoms with Crippen molar-refractivity contribution in [3.63, 3.8) is 0 Å². The molecule has 0 spiro atoms. The first-order valence-electron chi connectivity index (χ1n) is 5.48. The number of halogens is 1. The third-order valence-corrected chi connectivity index (χ3v) is 3.12. The summed E-state index contributed by atoms with van der Waals surface area (Å²) in [6.45, 7) is 2.32. The molecule has 1 amide bonds. The molecule has 0 bridgehead atoms. The number of carbonyl (C=O) groups excluding carboxylic acids is 1. The Balaban J connectivity index is 2.06. The molecule has 92 valence electrons. The van der Waals surface area contributed by atoms with Crippen LogP contribution in [-0.2, 0) is 6.54 Å². The van der Waals surface area contributed by atoms with Gasteiger partial charge in [0.15, 0.2) is 0 Å². The maximum Gasteiger partial charge on any atom is 0.252 e. The predicted molar refractivity (Wildman–Crippen MR) is 72.1 cm³/mol. The largest absolute Gasteiger partial charge is 0.346 e. The number of aryl methyl sites for hydroxylation is 1. The van der Waals surface area contributed by atoms with Gasteiger partial charge in [0.05, 0.1) is 17.8 Å². The Kier molecular flexibility index (Phi) is 4.04. The highest BCUT2D eigenvalue weighted by molar-refractivity contribution is 9.10. The zero-order valence-electron chi connectivity index (χ0n) is 9.85. The van der Waals surface area contributed by atoms with Gasteiger partial charge in [-0.3, -0.25) is 4.79 Å². The third-order valence-electron chi connectivity index (χ3n) is 2.42. The van der Waals surface area contributed by atoms with E-state index in [4.69, 9.17) is 0 Å². The van der Waals surface area contributed by atoms with Crippen LogP contribution in [0.25, 0.3) is 0 Å². The van der Waals surface area contributed by atoms with Gasteiger partial charge in [0.2, 0.25) is 0 Å². The molecule has 0 aliphatic carbocycles. The first-order chi connectivity index (χ1) is 8.66. The molecule has 18 heavy (non-hydrogen) atoms. The molecule has 0 fully saturated rings. The van der Waals surface area contributed by atoms with Crippen LogP contribution in [0.5, 0.6) is 0 Å². The molecule has 4 nitrogen and oxygen atoms in total. The van der Waals surface area contributed by atoms with Gasteiger partial charge in [-0.1, -0.05) is 11.6 Å². The number of nitrogens with one attached hydrogen (secondary N) is 1. The van der Waals surface area contributed by atoms with Crippen molar-refractivity contribution < 1.29 is 4.79 Å². The molecule has 1 N–H and O–H groups in total. The van der Waals surface area contributed by atoms with Gasteiger partial charge in [-0.15, -0.1) is 0 Å². The van der Waals surface area contributed by atoms with Gasteiger partial charge in [-0.25, -0.2) is 0 Å². The van der Waals surface area contributed by atoms with E-state index in [2.05, 4.69) is 31.4 Å². The van der Waals surface area contributed by atoms with Gasteiger partial charge in [0.25, 0.3) is 5.91 Å². The Bertz CT molecular complexity index is 557. The zero-order valence-corrected chi connectivity index (χ0v) is 11.4. The van der Waals surface area contributed by atoms with E-state index < -0.39 is 0 Å². The second-order valence-corrected chi connectivity index (χ2v) is 4.74. The number of nitrogens with zero attached hydrogens (tertiary/aromatic N) is 2. The van der Waals surface area contributed by atoms with Crippen LogP contribution < -0.4 is 5.32 Å². The SMILES string of the molecule is Cc1ccc(Br)c(C(=O)NCc2cccnn2)c1. The number of carbonyl (C=O) groups is 1. The first-order valence-corrected chi connectivity index (χ1v) is 6.27. The Hall–Kier alpha value is -1.75. The fourth-order valence-electron chi connectivity index (χ4n) is 1.51. The lowest BCUT2D eigenvalue weighted by atomic mass is 10.1. The van der Waals surface area contributed by atoms with Gasteiger partial charge in [0.1, 0.15) is 0 Å². The molecule has 1 aromatic carbocycles. The predicted octanol–water partition coefficient (Wildman–Crippen LogP) is 2.48. The normalized spacial score (nSPS) is 10.1. The minimum absolute atomic E-state index is 0.128. The fraction of sp³-hybridized carbons (Fsp3) is 0.154. The molecule has 5 heteroatoms. The molecule has 0 saturated heterocycles. The van der Waals surface area contributed by atoms with E-state index >= 15 is 0 Å². The molecular weight excluding hydrogens is 294 g/mol. The van der Waals surface area contributed by atoms with Crippen LogP contribution in [0.4, 0.5) is 0 Å². The number of aromatic nitrogens is 2. The van der Waals surface area contributed by atoms with E-state index in [-0.39, 0.29) is 5.91 Å². The van der Waals surface area contributed by atoms with Crippen molar-refractivity contribution >= 4 is 21.8 Å². The van der Waals surface area contributed by atoms with Crippen molar-refractivity contribution in [1.82, 2.24) is 15.5 Å². The van der Waals surface area contributed by atoms with Gasteiger partial charge >= 0.3 is 0 Å². The summed E-state index contributed by atoms with van der Waals surface area (Å²) in [5.74, 6) is -0.128. The highest BCUT2D eigenvalue weighted by atomic mass is 79.9. The first kappa shape index (κ1) is 12.7. The van der Waals surface area contributed by atoms with E-state index in [9.17, 15) is 4.79 Å². The van der Waals surface area contributed by atoms with Crippen molar-refractivity contribution in [3.05, 3.63) is 57.8 Å². The average Bonchev–Trinajstić information content (AvgIpc) is 2.40. The van der Waals surface area contributed by atoms with Crippen molar-refractivity contribution in [2.45, 2.75) is 13.5 Å². The minimum Gasteiger partial charge on any atom is -0.346 e. The van der Waals surface area contributed by atoms with Gasteiger partial charge < -0.3 is 5.32 Å². The fourth-order valence-corrected chi connectivity index (χ4v) is 1.93. The average molecular weight is 306 g/mol. The van der Waals surface area contributed by atoms with E-state index in [1.807, 2.05) is 31.2 Å². The topological polar surface area (TPSA) is 54.9 Å². The van der Waals surface area contributed by atoms with Crippen LogP contribution in [0.15, 0.2) is 41.0 Å². The molecule has 1 aromatic heterocycles. The summed E-state index contributed by atoms with van der Waals surface area (Å²) in [6.07, 6.45) is 1.60. The monoisotopic (exact) mass is 305 g/mol. The summed E-state index contributed by atoms with van der Waals surface area (Å²) in [7, 11) is 0. The summed E-state index contributed by atoms with van der Waals surface area (Å²) >= 11 is 3.37. The molecular formula is C13H12BrN3O. The van der Waals surface area contributed by atoms with Crippen molar-refractivity contribution in [2.24, 2.45) is 0 Å². The lowest BCUT2D eigenvalue weighted by Crippen LogP contribution is -2.23. The molecule has 2 aromatic rings. The second kappa shape index (κ2) is 5.73. The Morgan fingerprint density at radius 3 is 2.94 bits per heavy atom. The van der Waals surface area contributed by atoms with Crippen LogP contribution in [0.2, 0.25) is 0 Å². The minimum atomic E-state index is -0.128. The van der Waals surface area contributed by atoms with Crippen LogP contribution in [0.1, 0.15) is 21.6 Å². The van der Waals surface area contributed by atoms with Crippen LogP contribution in [0.3, 0.4) is 0 Å². The molecule has 0 unspecified atom stereocenters. The smallest absolute Gasteiger partial charge is 0.252 e. The number of rotatable bonds is 3. The number of hydrogen-bond acceptors (Lipinski definition) is 3. The molecule has 0 atom stereocenters. The Labute approximate surface area is 114 Å². The highest BCUT2D eigenvalue weighted by Crippen LogP contribution is 2.17. The van der Waals surface area contributed by atoms with Crippen LogP contribution >= 0.6 is 15.9 Å². The standard InChI is InChI=1S/C13H12BrN3O/c1-9-4-5-12(14)11(7-9)13(18)15-8-10-3-2-6-16-17-10/h2-7H,8H2,1H3,(H,15,18). The van der Waals surface area contributed by atoms with Crippen molar-refractivity contribution in [1.29, 1.82) is 0 Å². The van der Waals surface area contributed by atoms with Crippen molar-refractivity contribution in [3.8, 4) is 0 Å². The lowest BCUT2D eigenvalue weighted by molar-refractivity contribution is 0.0949. The number of benzene rings is 1. The van der Waals surface area contributed by atoms with E-state index in [0.29, 0.717) is 12.1 Å². The molecule has 0 aliphatic heterocycles. The number of hydrogen-bond donors (Lipinski definition) is 1. The maximum absolute atomic E-state index is 12.0.